The lowest BCUT2D eigenvalue weighted by atomic mass is 9.55. The van der Waals surface area contributed by atoms with Crippen molar-refractivity contribution in [1.82, 2.24) is 4.90 Å². The van der Waals surface area contributed by atoms with Gasteiger partial charge in [-0.05, 0) is 92.5 Å². The van der Waals surface area contributed by atoms with Crippen molar-refractivity contribution in [1.29, 1.82) is 0 Å². The average Bonchev–Trinajstić information content (AvgIpc) is 3.85. The van der Waals surface area contributed by atoms with Gasteiger partial charge in [0.2, 0.25) is 18.0 Å². The lowest BCUT2D eigenvalue weighted by Crippen LogP contribution is -2.70. The van der Waals surface area contributed by atoms with Crippen molar-refractivity contribution in [3.05, 3.63) is 82.4 Å². The molecule has 0 aromatic heterocycles. The molecule has 7 unspecified atom stereocenters. The van der Waals surface area contributed by atoms with E-state index in [0.29, 0.717) is 61.2 Å². The first-order valence-corrected chi connectivity index (χ1v) is 24.1. The van der Waals surface area contributed by atoms with Crippen LogP contribution in [0.1, 0.15) is 114 Å². The fourth-order valence-corrected chi connectivity index (χ4v) is 11.0. The quantitative estimate of drug-likeness (QED) is 0.0374. The molecule has 5 aliphatic rings. The summed E-state index contributed by atoms with van der Waals surface area (Å²) < 4.78 is 32.8. The van der Waals surface area contributed by atoms with Crippen LogP contribution in [0.15, 0.2) is 71.9 Å². The summed E-state index contributed by atoms with van der Waals surface area (Å²) in [6.07, 6.45) is 16.4. The van der Waals surface area contributed by atoms with Gasteiger partial charge < -0.3 is 48.7 Å². The number of benzene rings is 2. The van der Waals surface area contributed by atoms with E-state index in [4.69, 9.17) is 33.7 Å². The number of oxime groups is 1. The molecule has 0 spiro atoms. The Morgan fingerprint density at radius 1 is 0.954 bits per heavy atom. The van der Waals surface area contributed by atoms with Gasteiger partial charge in [-0.3, -0.25) is 14.9 Å². The molecule has 65 heavy (non-hydrogen) atoms. The van der Waals surface area contributed by atoms with Crippen LogP contribution < -0.4 is 9.47 Å². The number of fused-ring (bicyclic) bond motifs is 2. The molecule has 0 radical (unpaired) electrons. The Balaban J connectivity index is 1.41. The third kappa shape index (κ3) is 11.8. The highest BCUT2D eigenvalue weighted by molar-refractivity contribution is 6.03. The Labute approximate surface area is 382 Å². The molecule has 1 saturated heterocycles. The number of aliphatic hydroxyl groups is 3. The molecule has 2 heterocycles. The molecule has 1 amide bonds. The second-order valence-electron chi connectivity index (χ2n) is 18.1. The van der Waals surface area contributed by atoms with Gasteiger partial charge in [-0.1, -0.05) is 61.9 Å². The molecule has 2 saturated carbocycles. The first-order valence-electron chi connectivity index (χ1n) is 24.1. The van der Waals surface area contributed by atoms with Crippen molar-refractivity contribution in [3.63, 3.8) is 0 Å². The number of unbranched alkanes of at least 4 members (excludes halogenated alkanes) is 2. The van der Waals surface area contributed by atoms with Crippen LogP contribution >= 0.6 is 0 Å². The van der Waals surface area contributed by atoms with Crippen LogP contribution in [0.25, 0.3) is 0 Å². The van der Waals surface area contributed by atoms with E-state index in [-0.39, 0.29) is 82.0 Å². The number of nitro groups is 1. The second kappa shape index (κ2) is 23.9. The topological polar surface area (TPSA) is 192 Å². The zero-order chi connectivity index (χ0) is 45.6. The van der Waals surface area contributed by atoms with Crippen molar-refractivity contribution in [2.75, 3.05) is 52.8 Å². The number of hydrogen-bond acceptors (Lipinski definition) is 13. The van der Waals surface area contributed by atoms with E-state index in [1.807, 2.05) is 17.0 Å². The molecule has 3 N–H and O–H groups in total. The second-order valence-corrected chi connectivity index (χ2v) is 18.1. The summed E-state index contributed by atoms with van der Waals surface area (Å²) in [6.45, 7) is 5.27. The summed E-state index contributed by atoms with van der Waals surface area (Å²) >= 11 is 0. The van der Waals surface area contributed by atoms with Gasteiger partial charge in [-0.15, -0.1) is 6.58 Å². The maximum absolute atomic E-state index is 15.0. The number of ether oxygens (including phenoxy) is 5. The summed E-state index contributed by atoms with van der Waals surface area (Å²) in [4.78, 5) is 34.4. The Morgan fingerprint density at radius 3 is 2.48 bits per heavy atom. The average molecular weight is 904 g/mol. The lowest BCUT2D eigenvalue weighted by molar-refractivity contribution is -0.384. The molecular formula is C50H69N3O12. The number of non-ortho nitro benzene ring substituents is 1. The maximum atomic E-state index is 15.0. The minimum absolute atomic E-state index is 0.0154. The smallest absolute Gasteiger partial charge is 0.273 e. The number of amides is 1. The van der Waals surface area contributed by atoms with E-state index in [9.17, 15) is 30.2 Å². The summed E-state index contributed by atoms with van der Waals surface area (Å²) in [6, 6.07) is 11.0. The number of carbonyl (C=O) groups is 1. The summed E-state index contributed by atoms with van der Waals surface area (Å²) in [5, 5.41) is 46.3. The fourth-order valence-electron chi connectivity index (χ4n) is 11.0. The van der Waals surface area contributed by atoms with Crippen molar-refractivity contribution < 1.29 is 53.6 Å². The van der Waals surface area contributed by atoms with Crippen LogP contribution in [0.5, 0.6) is 17.2 Å². The van der Waals surface area contributed by atoms with Crippen molar-refractivity contribution >= 4 is 17.3 Å². The Hall–Kier alpha value is -4.38. The molecule has 2 aliphatic heterocycles. The number of nitrogens with zero attached hydrogens (tertiary/aromatic N) is 3. The Kier molecular flexibility index (Phi) is 17.8. The fraction of sp³-hybridized carbons (Fsp3) is 0.640. The summed E-state index contributed by atoms with van der Waals surface area (Å²) in [5.41, 5.74) is 2.36. The highest BCUT2D eigenvalue weighted by atomic mass is 16.8. The van der Waals surface area contributed by atoms with Crippen LogP contribution in [-0.4, -0.2) is 108 Å². The van der Waals surface area contributed by atoms with Crippen molar-refractivity contribution in [2.24, 2.45) is 28.8 Å². The monoisotopic (exact) mass is 903 g/mol. The van der Waals surface area contributed by atoms with E-state index >= 15 is 0 Å². The molecule has 3 fully saturated rings. The number of hydrogen-bond donors (Lipinski definition) is 3. The third-order valence-electron chi connectivity index (χ3n) is 14.0. The van der Waals surface area contributed by atoms with Gasteiger partial charge in [0, 0.05) is 56.6 Å². The molecule has 356 valence electrons. The number of aliphatic hydroxyl groups excluding tert-OH is 3. The predicted octanol–water partition coefficient (Wildman–Crippen LogP) is 8.36. The molecular weight excluding hydrogens is 835 g/mol. The molecule has 3 aliphatic carbocycles. The van der Waals surface area contributed by atoms with Crippen molar-refractivity contribution in [2.45, 2.75) is 127 Å². The van der Waals surface area contributed by atoms with Gasteiger partial charge in [-0.2, -0.15) is 0 Å². The minimum Gasteiger partial charge on any atom is -0.459 e. The molecule has 15 heteroatoms. The number of carbonyl (C=O) groups excluding carboxylic acids is 1. The van der Waals surface area contributed by atoms with E-state index in [1.165, 1.54) is 25.0 Å². The number of nitro benzene ring substituents is 1. The van der Waals surface area contributed by atoms with E-state index < -0.39 is 29.0 Å². The molecule has 0 bridgehead atoms. The van der Waals surface area contributed by atoms with E-state index in [2.05, 4.69) is 12.7 Å². The molecule has 7 rings (SSSR count). The van der Waals surface area contributed by atoms with Crippen molar-refractivity contribution in [3.8, 4) is 17.2 Å². The lowest BCUT2D eigenvalue weighted by Gasteiger charge is -2.60. The van der Waals surface area contributed by atoms with Crippen LogP contribution in [0.2, 0.25) is 0 Å². The molecule has 7 atom stereocenters. The third-order valence-corrected chi connectivity index (χ3v) is 14.0. The highest BCUT2D eigenvalue weighted by Gasteiger charge is 2.65. The normalized spacial score (nSPS) is 26.7. The summed E-state index contributed by atoms with van der Waals surface area (Å²) in [7, 11) is 0. The Bertz CT molecular complexity index is 1950. The van der Waals surface area contributed by atoms with Gasteiger partial charge in [0.15, 0.2) is 0 Å². The van der Waals surface area contributed by atoms with Gasteiger partial charge in [-0.25, -0.2) is 0 Å². The zero-order valence-corrected chi connectivity index (χ0v) is 37.8. The predicted molar refractivity (Wildman–Crippen MR) is 244 cm³/mol. The number of rotatable bonds is 25. The minimum atomic E-state index is -1.45. The SMILES string of the molecule is C=CCOC12Oc3ccc(Oc4cccc([N+](=O)[O-])c4)cc3C3C(CCCCO)C(CCCCO)C=C(C(=NOC4CCCCO4)CC1N(CCOCCO)C(=O)CCC1CCCC1)C32. The maximum Gasteiger partial charge on any atom is 0.273 e. The van der Waals surface area contributed by atoms with Crippen LogP contribution in [0.3, 0.4) is 0 Å². The molecule has 2 aromatic rings. The Morgan fingerprint density at radius 2 is 1.74 bits per heavy atom. The first kappa shape index (κ1) is 48.6. The largest absolute Gasteiger partial charge is 0.459 e. The highest BCUT2D eigenvalue weighted by Crippen LogP contribution is 2.62. The van der Waals surface area contributed by atoms with E-state index in [0.717, 1.165) is 68.9 Å². The van der Waals surface area contributed by atoms with Crippen LogP contribution in [0.4, 0.5) is 5.69 Å². The first-order chi connectivity index (χ1) is 31.8. The summed E-state index contributed by atoms with van der Waals surface area (Å²) in [5.74, 6) is -0.481. The standard InChI is InChI=1S/C50H69N3O12/c1-2-27-62-50-45(52(23-29-60-30-26-56)46(57)22-19-35-12-3-4-13-35)34-43(51-65-47-18-7-10-28-61-47)41-31-36(14-5-8-24-54)40(17-6-9-25-55)48(49(41)50)42-33-39(20-21-44(42)64-50)63-38-16-11-15-37(32-38)53(58)59/h2,11,15-16,20-21,31-33,35-36,40,45,47-49,54-56H,1,3-10,12-14,17-19,22-30,34H2. The molecule has 2 aromatic carbocycles. The van der Waals surface area contributed by atoms with Crippen LogP contribution in [0, 0.1) is 33.8 Å². The molecule has 15 nitrogen and oxygen atoms in total. The number of allylic oxidation sites excluding steroid dienone is 1. The van der Waals surface area contributed by atoms with Gasteiger partial charge >= 0.3 is 0 Å². The van der Waals surface area contributed by atoms with Gasteiger partial charge in [0.1, 0.15) is 23.3 Å². The van der Waals surface area contributed by atoms with E-state index in [1.54, 1.807) is 24.3 Å². The van der Waals surface area contributed by atoms with Gasteiger partial charge in [0.25, 0.3) is 5.69 Å². The zero-order valence-electron chi connectivity index (χ0n) is 37.8. The van der Waals surface area contributed by atoms with Gasteiger partial charge in [0.05, 0.1) is 55.7 Å². The van der Waals surface area contributed by atoms with Crippen LogP contribution in [-0.2, 0) is 23.8 Å².